The van der Waals surface area contributed by atoms with Crippen molar-refractivity contribution in [1.29, 1.82) is 0 Å². The average molecular weight is 267 g/mol. The van der Waals surface area contributed by atoms with E-state index < -0.39 is 0 Å². The minimum atomic E-state index is 0.148. The van der Waals surface area contributed by atoms with E-state index in [0.717, 1.165) is 32.6 Å². The van der Waals surface area contributed by atoms with Crippen LogP contribution in [0.15, 0.2) is 0 Å². The van der Waals surface area contributed by atoms with Gasteiger partial charge in [0, 0.05) is 32.2 Å². The van der Waals surface area contributed by atoms with Gasteiger partial charge in [0.15, 0.2) is 0 Å². The Labute approximate surface area is 117 Å². The normalized spacial score (nSPS) is 28.9. The van der Waals surface area contributed by atoms with E-state index in [4.69, 9.17) is 0 Å². The molecule has 2 saturated heterocycles. The van der Waals surface area contributed by atoms with E-state index in [-0.39, 0.29) is 6.03 Å². The number of rotatable bonds is 3. The van der Waals surface area contributed by atoms with Crippen LogP contribution in [0.2, 0.25) is 0 Å². The molecule has 0 spiro atoms. The van der Waals surface area contributed by atoms with Gasteiger partial charge < -0.3 is 15.1 Å². The Morgan fingerprint density at radius 2 is 2.05 bits per heavy atom. The molecule has 0 aromatic carbocycles. The molecule has 2 unspecified atom stereocenters. The fraction of sp³-hybridized carbons (Fsp3) is 0.933. The van der Waals surface area contributed by atoms with Gasteiger partial charge in [0.1, 0.15) is 0 Å². The van der Waals surface area contributed by atoms with Crippen molar-refractivity contribution in [1.82, 2.24) is 15.1 Å². The van der Waals surface area contributed by atoms with Crippen molar-refractivity contribution in [2.45, 2.75) is 46.1 Å². The van der Waals surface area contributed by atoms with Crippen LogP contribution in [0.1, 0.15) is 40.0 Å². The summed E-state index contributed by atoms with van der Waals surface area (Å²) in [6.45, 7) is 11.7. The maximum atomic E-state index is 12.1. The Hall–Kier alpha value is -0.770. The molecule has 0 bridgehead atoms. The number of amides is 2. The number of hydrogen-bond donors (Lipinski definition) is 1. The summed E-state index contributed by atoms with van der Waals surface area (Å²) < 4.78 is 0. The first-order valence-electron chi connectivity index (χ1n) is 7.83. The monoisotopic (exact) mass is 267 g/mol. The SMILES string of the molecule is CC1CCCN(C(=O)NCC2CCN(C(C)C)C2)C1. The molecule has 2 aliphatic rings. The summed E-state index contributed by atoms with van der Waals surface area (Å²) in [5, 5.41) is 3.13. The molecule has 2 aliphatic heterocycles. The second-order valence-corrected chi connectivity index (χ2v) is 6.62. The average Bonchev–Trinajstić information content (AvgIpc) is 2.85. The molecule has 0 radical (unpaired) electrons. The Morgan fingerprint density at radius 1 is 1.26 bits per heavy atom. The highest BCUT2D eigenvalue weighted by Gasteiger charge is 2.26. The highest BCUT2D eigenvalue weighted by Crippen LogP contribution is 2.18. The first kappa shape index (κ1) is 14.6. The predicted molar refractivity (Wildman–Crippen MR) is 78.2 cm³/mol. The lowest BCUT2D eigenvalue weighted by atomic mass is 10.0. The van der Waals surface area contributed by atoms with E-state index in [0.29, 0.717) is 17.9 Å². The molecule has 0 saturated carbocycles. The van der Waals surface area contributed by atoms with Crippen LogP contribution in [0.5, 0.6) is 0 Å². The Morgan fingerprint density at radius 3 is 2.68 bits per heavy atom. The molecule has 2 rings (SSSR count). The highest BCUT2D eigenvalue weighted by atomic mass is 16.2. The minimum Gasteiger partial charge on any atom is -0.338 e. The van der Waals surface area contributed by atoms with Gasteiger partial charge in [-0.05, 0) is 51.5 Å². The molecule has 0 aromatic rings. The van der Waals surface area contributed by atoms with E-state index in [9.17, 15) is 4.79 Å². The topological polar surface area (TPSA) is 35.6 Å². The van der Waals surface area contributed by atoms with Crippen LogP contribution in [-0.2, 0) is 0 Å². The van der Waals surface area contributed by atoms with Crippen LogP contribution in [-0.4, -0.2) is 54.6 Å². The number of nitrogens with zero attached hydrogens (tertiary/aromatic N) is 2. The molecule has 0 aromatic heterocycles. The molecule has 4 nitrogen and oxygen atoms in total. The van der Waals surface area contributed by atoms with Crippen LogP contribution in [0.25, 0.3) is 0 Å². The fourth-order valence-corrected chi connectivity index (χ4v) is 3.22. The smallest absolute Gasteiger partial charge is 0.317 e. The second kappa shape index (κ2) is 6.60. The maximum Gasteiger partial charge on any atom is 0.317 e. The lowest BCUT2D eigenvalue weighted by molar-refractivity contribution is 0.168. The standard InChI is InChI=1S/C15H29N3O/c1-12(2)17-8-6-14(11-17)9-16-15(19)18-7-4-5-13(3)10-18/h12-14H,4-11H2,1-3H3,(H,16,19). The molecule has 2 amide bonds. The van der Waals surface area contributed by atoms with Crippen LogP contribution in [0.4, 0.5) is 4.79 Å². The van der Waals surface area contributed by atoms with Gasteiger partial charge in [0.25, 0.3) is 0 Å². The van der Waals surface area contributed by atoms with Crippen molar-refractivity contribution in [3.8, 4) is 0 Å². The van der Waals surface area contributed by atoms with E-state index in [2.05, 4.69) is 31.0 Å². The first-order chi connectivity index (χ1) is 9.06. The van der Waals surface area contributed by atoms with Gasteiger partial charge in [-0.1, -0.05) is 6.92 Å². The zero-order valence-corrected chi connectivity index (χ0v) is 12.7. The Balaban J connectivity index is 1.69. The number of carbonyl (C=O) groups is 1. The van der Waals surface area contributed by atoms with Gasteiger partial charge >= 0.3 is 6.03 Å². The summed E-state index contributed by atoms with van der Waals surface area (Å²) in [6.07, 6.45) is 3.63. The third kappa shape index (κ3) is 4.10. The lowest BCUT2D eigenvalue weighted by Gasteiger charge is -2.31. The minimum absolute atomic E-state index is 0.148. The summed E-state index contributed by atoms with van der Waals surface area (Å²) in [7, 11) is 0. The van der Waals surface area contributed by atoms with Crippen molar-refractivity contribution in [2.24, 2.45) is 11.8 Å². The quantitative estimate of drug-likeness (QED) is 0.850. The molecule has 1 N–H and O–H groups in total. The van der Waals surface area contributed by atoms with Crippen molar-refractivity contribution in [2.75, 3.05) is 32.7 Å². The van der Waals surface area contributed by atoms with Gasteiger partial charge in [-0.25, -0.2) is 4.79 Å². The lowest BCUT2D eigenvalue weighted by Crippen LogP contribution is -2.46. The molecular formula is C15H29N3O. The van der Waals surface area contributed by atoms with Crippen molar-refractivity contribution < 1.29 is 4.79 Å². The fourth-order valence-electron chi connectivity index (χ4n) is 3.22. The van der Waals surface area contributed by atoms with Gasteiger partial charge in [-0.2, -0.15) is 0 Å². The van der Waals surface area contributed by atoms with Crippen molar-refractivity contribution in [3.05, 3.63) is 0 Å². The third-order valence-electron chi connectivity index (χ3n) is 4.53. The summed E-state index contributed by atoms with van der Waals surface area (Å²) in [4.78, 5) is 16.6. The zero-order valence-electron chi connectivity index (χ0n) is 12.7. The van der Waals surface area contributed by atoms with Crippen molar-refractivity contribution >= 4 is 6.03 Å². The highest BCUT2D eigenvalue weighted by molar-refractivity contribution is 5.74. The largest absolute Gasteiger partial charge is 0.338 e. The van der Waals surface area contributed by atoms with Gasteiger partial charge in [0.2, 0.25) is 0 Å². The summed E-state index contributed by atoms with van der Waals surface area (Å²) in [5.41, 5.74) is 0. The molecule has 2 atom stereocenters. The summed E-state index contributed by atoms with van der Waals surface area (Å²) in [6, 6.07) is 0.776. The third-order valence-corrected chi connectivity index (χ3v) is 4.53. The number of nitrogens with one attached hydrogen (secondary N) is 1. The Kier molecular flexibility index (Phi) is 5.08. The number of likely N-dealkylation sites (tertiary alicyclic amines) is 2. The molecule has 19 heavy (non-hydrogen) atoms. The van der Waals surface area contributed by atoms with Gasteiger partial charge in [-0.15, -0.1) is 0 Å². The number of carbonyl (C=O) groups excluding carboxylic acids is 1. The Bertz CT molecular complexity index is 306. The van der Waals surface area contributed by atoms with Crippen LogP contribution < -0.4 is 5.32 Å². The molecule has 4 heteroatoms. The van der Waals surface area contributed by atoms with E-state index in [1.54, 1.807) is 0 Å². The molecule has 2 fully saturated rings. The number of piperidine rings is 1. The van der Waals surface area contributed by atoms with Crippen LogP contribution in [0.3, 0.4) is 0 Å². The summed E-state index contributed by atoms with van der Waals surface area (Å²) in [5.74, 6) is 1.29. The van der Waals surface area contributed by atoms with E-state index in [1.165, 1.54) is 19.4 Å². The molecule has 2 heterocycles. The van der Waals surface area contributed by atoms with Gasteiger partial charge in [-0.3, -0.25) is 0 Å². The van der Waals surface area contributed by atoms with E-state index in [1.807, 2.05) is 4.90 Å². The number of hydrogen-bond acceptors (Lipinski definition) is 2. The van der Waals surface area contributed by atoms with Gasteiger partial charge in [0.05, 0.1) is 0 Å². The predicted octanol–water partition coefficient (Wildman–Crippen LogP) is 2.16. The van der Waals surface area contributed by atoms with Crippen LogP contribution in [0, 0.1) is 11.8 Å². The zero-order chi connectivity index (χ0) is 13.8. The second-order valence-electron chi connectivity index (χ2n) is 6.62. The van der Waals surface area contributed by atoms with Crippen molar-refractivity contribution in [3.63, 3.8) is 0 Å². The maximum absolute atomic E-state index is 12.1. The number of urea groups is 1. The van der Waals surface area contributed by atoms with E-state index >= 15 is 0 Å². The summed E-state index contributed by atoms with van der Waals surface area (Å²) >= 11 is 0. The molecular weight excluding hydrogens is 238 g/mol. The molecule has 0 aliphatic carbocycles. The molecule has 110 valence electrons. The van der Waals surface area contributed by atoms with Crippen LogP contribution >= 0.6 is 0 Å². The first-order valence-corrected chi connectivity index (χ1v) is 7.83.